The van der Waals surface area contributed by atoms with Gasteiger partial charge in [0.25, 0.3) is 0 Å². The summed E-state index contributed by atoms with van der Waals surface area (Å²) in [6.07, 6.45) is 8.72. The second-order valence-corrected chi connectivity index (χ2v) is 7.06. The van der Waals surface area contributed by atoms with E-state index in [9.17, 15) is 9.59 Å². The molecule has 1 aliphatic carbocycles. The van der Waals surface area contributed by atoms with E-state index in [0.717, 1.165) is 12.0 Å². The zero-order valence-corrected chi connectivity index (χ0v) is 13.8. The number of carbonyl (C=O) groups is 2. The minimum Gasteiger partial charge on any atom is -0.444 e. The summed E-state index contributed by atoms with van der Waals surface area (Å²) in [6.45, 7) is 6.80. The highest BCUT2D eigenvalue weighted by atomic mass is 16.6. The van der Waals surface area contributed by atoms with Crippen LogP contribution in [-0.2, 0) is 4.74 Å². The summed E-state index contributed by atoms with van der Waals surface area (Å²) in [6, 6.07) is -0.0862. The molecule has 2 N–H and O–H groups in total. The third kappa shape index (κ3) is 3.57. The van der Waals surface area contributed by atoms with E-state index in [0.29, 0.717) is 13.1 Å². The van der Waals surface area contributed by atoms with Gasteiger partial charge in [-0.15, -0.1) is 0 Å². The van der Waals surface area contributed by atoms with Crippen LogP contribution >= 0.6 is 0 Å². The first kappa shape index (κ1) is 15.6. The van der Waals surface area contributed by atoms with Crippen LogP contribution in [0.5, 0.6) is 0 Å². The fourth-order valence-electron chi connectivity index (χ4n) is 2.93. The first-order valence-corrected chi connectivity index (χ1v) is 7.96. The minimum absolute atomic E-state index is 0.00675. The average molecular weight is 317 g/mol. The first-order chi connectivity index (χ1) is 10.8. The number of carbonyl (C=O) groups excluding carboxylic acids is 2. The second kappa shape index (κ2) is 5.76. The monoisotopic (exact) mass is 317 g/mol. The van der Waals surface area contributed by atoms with Crippen LogP contribution in [0.15, 0.2) is 35.5 Å². The predicted molar refractivity (Wildman–Crippen MR) is 87.0 cm³/mol. The van der Waals surface area contributed by atoms with E-state index in [1.54, 1.807) is 4.90 Å². The molecule has 0 bridgehead atoms. The van der Waals surface area contributed by atoms with Crippen LogP contribution in [0.25, 0.3) is 0 Å². The third-order valence-corrected chi connectivity index (χ3v) is 4.06. The molecule has 3 aliphatic rings. The van der Waals surface area contributed by atoms with Crippen LogP contribution in [0.2, 0.25) is 0 Å². The molecule has 0 aromatic rings. The van der Waals surface area contributed by atoms with Gasteiger partial charge in [-0.05, 0) is 38.3 Å². The number of rotatable bonds is 1. The van der Waals surface area contributed by atoms with Crippen molar-refractivity contribution in [2.24, 2.45) is 0 Å². The number of nitrogens with zero attached hydrogens (tertiary/aromatic N) is 1. The van der Waals surface area contributed by atoms with Crippen LogP contribution in [0.4, 0.5) is 9.59 Å². The summed E-state index contributed by atoms with van der Waals surface area (Å²) < 4.78 is 5.40. The SMILES string of the molecule is CC(C)(C)OC(=O)N1CC=C(C2=CC3NC(=O)NC3C=C2)CC1. The lowest BCUT2D eigenvalue weighted by atomic mass is 9.91. The van der Waals surface area contributed by atoms with Gasteiger partial charge in [0, 0.05) is 13.1 Å². The summed E-state index contributed by atoms with van der Waals surface area (Å²) in [5.74, 6) is 0. The van der Waals surface area contributed by atoms with Gasteiger partial charge < -0.3 is 20.3 Å². The molecular weight excluding hydrogens is 294 g/mol. The number of fused-ring (bicyclic) bond motifs is 1. The molecule has 6 heteroatoms. The second-order valence-electron chi connectivity index (χ2n) is 7.06. The number of urea groups is 1. The molecule has 0 radical (unpaired) electrons. The molecule has 23 heavy (non-hydrogen) atoms. The van der Waals surface area contributed by atoms with Gasteiger partial charge in [-0.2, -0.15) is 0 Å². The van der Waals surface area contributed by atoms with Crippen molar-refractivity contribution in [3.63, 3.8) is 0 Å². The maximum Gasteiger partial charge on any atom is 0.410 e. The average Bonchev–Trinajstić information content (AvgIpc) is 2.84. The molecule has 1 saturated heterocycles. The Kier molecular flexibility index (Phi) is 3.92. The number of ether oxygens (including phenoxy) is 1. The van der Waals surface area contributed by atoms with E-state index < -0.39 is 5.60 Å². The molecule has 1 fully saturated rings. The Bertz CT molecular complexity index is 613. The smallest absolute Gasteiger partial charge is 0.410 e. The fourth-order valence-corrected chi connectivity index (χ4v) is 2.93. The zero-order valence-electron chi connectivity index (χ0n) is 13.8. The van der Waals surface area contributed by atoms with Crippen molar-refractivity contribution < 1.29 is 14.3 Å². The summed E-state index contributed by atoms with van der Waals surface area (Å²) in [5.41, 5.74) is 1.86. The molecule has 0 spiro atoms. The molecule has 0 saturated carbocycles. The van der Waals surface area contributed by atoms with Gasteiger partial charge in [-0.3, -0.25) is 0 Å². The normalized spacial score (nSPS) is 26.7. The maximum absolute atomic E-state index is 12.1. The van der Waals surface area contributed by atoms with E-state index in [-0.39, 0.29) is 24.2 Å². The van der Waals surface area contributed by atoms with Crippen LogP contribution in [0.3, 0.4) is 0 Å². The largest absolute Gasteiger partial charge is 0.444 e. The van der Waals surface area contributed by atoms with Gasteiger partial charge in [-0.1, -0.05) is 24.3 Å². The van der Waals surface area contributed by atoms with Crippen molar-refractivity contribution in [3.05, 3.63) is 35.5 Å². The quantitative estimate of drug-likeness (QED) is 0.778. The van der Waals surface area contributed by atoms with Gasteiger partial charge >= 0.3 is 12.1 Å². The highest BCUT2D eigenvalue weighted by Crippen LogP contribution is 2.26. The zero-order chi connectivity index (χ0) is 16.6. The van der Waals surface area contributed by atoms with Gasteiger partial charge in [0.15, 0.2) is 0 Å². The Hall–Kier alpha value is -2.24. The van der Waals surface area contributed by atoms with Crippen molar-refractivity contribution in [1.82, 2.24) is 15.5 Å². The third-order valence-electron chi connectivity index (χ3n) is 4.06. The molecule has 3 amide bonds. The van der Waals surface area contributed by atoms with E-state index in [1.165, 1.54) is 5.57 Å². The minimum atomic E-state index is -0.474. The molecule has 124 valence electrons. The van der Waals surface area contributed by atoms with Crippen LogP contribution < -0.4 is 10.6 Å². The van der Waals surface area contributed by atoms with Gasteiger partial charge in [0.2, 0.25) is 0 Å². The fraction of sp³-hybridized carbons (Fsp3) is 0.529. The number of allylic oxidation sites excluding steroid dienone is 2. The van der Waals surface area contributed by atoms with Crippen LogP contribution in [0.1, 0.15) is 27.2 Å². The van der Waals surface area contributed by atoms with Crippen LogP contribution in [0, 0.1) is 0 Å². The molecule has 6 nitrogen and oxygen atoms in total. The molecule has 0 aromatic carbocycles. The summed E-state index contributed by atoms with van der Waals surface area (Å²) >= 11 is 0. The van der Waals surface area contributed by atoms with Crippen molar-refractivity contribution in [2.75, 3.05) is 13.1 Å². The van der Waals surface area contributed by atoms with Crippen LogP contribution in [-0.4, -0.2) is 47.8 Å². The summed E-state index contributed by atoms with van der Waals surface area (Å²) in [4.78, 5) is 25.2. The summed E-state index contributed by atoms with van der Waals surface area (Å²) in [5, 5.41) is 5.74. The molecule has 2 aliphatic heterocycles. The van der Waals surface area contributed by atoms with Gasteiger partial charge in [-0.25, -0.2) is 9.59 Å². The number of amides is 3. The Balaban J connectivity index is 1.63. The standard InChI is InChI=1S/C17H23N3O3/c1-17(2,3)23-16(22)20-8-6-11(7-9-20)12-4-5-13-14(10-12)19-15(21)18-13/h4-6,10,13-14H,7-9H2,1-3H3,(H2,18,19,21). The predicted octanol–water partition coefficient (Wildman–Crippen LogP) is 2.10. The van der Waals surface area contributed by atoms with Crippen molar-refractivity contribution >= 4 is 12.1 Å². The lowest BCUT2D eigenvalue weighted by molar-refractivity contribution is 0.0266. The van der Waals surface area contributed by atoms with Gasteiger partial charge in [0.05, 0.1) is 12.1 Å². The molecule has 3 rings (SSSR count). The van der Waals surface area contributed by atoms with E-state index in [1.807, 2.05) is 32.9 Å². The highest BCUT2D eigenvalue weighted by Gasteiger charge is 2.31. The topological polar surface area (TPSA) is 70.7 Å². The highest BCUT2D eigenvalue weighted by molar-refractivity contribution is 5.79. The Labute approximate surface area is 136 Å². The Morgan fingerprint density at radius 3 is 2.70 bits per heavy atom. The Morgan fingerprint density at radius 2 is 2.04 bits per heavy atom. The molecule has 2 atom stereocenters. The lowest BCUT2D eigenvalue weighted by Crippen LogP contribution is -2.39. The van der Waals surface area contributed by atoms with E-state index in [4.69, 9.17) is 4.74 Å². The maximum atomic E-state index is 12.1. The van der Waals surface area contributed by atoms with E-state index >= 15 is 0 Å². The first-order valence-electron chi connectivity index (χ1n) is 7.96. The molecule has 0 aromatic heterocycles. The van der Waals surface area contributed by atoms with Crippen molar-refractivity contribution in [2.45, 2.75) is 44.9 Å². The molecule has 2 heterocycles. The van der Waals surface area contributed by atoms with Gasteiger partial charge in [0.1, 0.15) is 5.60 Å². The molecular formula is C17H23N3O3. The Morgan fingerprint density at radius 1 is 1.30 bits per heavy atom. The number of hydrogen-bond acceptors (Lipinski definition) is 3. The van der Waals surface area contributed by atoms with E-state index in [2.05, 4.69) is 22.8 Å². The number of hydrogen-bond donors (Lipinski definition) is 2. The molecule has 2 unspecified atom stereocenters. The summed E-state index contributed by atoms with van der Waals surface area (Å²) in [7, 11) is 0. The van der Waals surface area contributed by atoms with Crippen molar-refractivity contribution in [3.8, 4) is 0 Å². The van der Waals surface area contributed by atoms with Crippen molar-refractivity contribution in [1.29, 1.82) is 0 Å². The number of nitrogens with one attached hydrogen (secondary N) is 2. The lowest BCUT2D eigenvalue weighted by Gasteiger charge is -2.30.